The predicted molar refractivity (Wildman–Crippen MR) is 105 cm³/mol. The molecule has 0 unspecified atom stereocenters. The van der Waals surface area contributed by atoms with Crippen LogP contribution in [-0.2, 0) is 12.4 Å². The summed E-state index contributed by atoms with van der Waals surface area (Å²) in [6, 6.07) is 5.27. The highest BCUT2D eigenvalue weighted by atomic mass is 19.4. The summed E-state index contributed by atoms with van der Waals surface area (Å²) >= 11 is 0. The average Bonchev–Trinajstić information content (AvgIpc) is 3.16. The van der Waals surface area contributed by atoms with Crippen LogP contribution in [0.2, 0.25) is 0 Å². The lowest BCUT2D eigenvalue weighted by Crippen LogP contribution is -2.24. The van der Waals surface area contributed by atoms with Crippen molar-refractivity contribution in [2.24, 2.45) is 0 Å². The molecule has 0 amide bonds. The zero-order chi connectivity index (χ0) is 23.5. The average molecular weight is 458 g/mol. The number of alkyl halides is 6. The molecule has 1 aliphatic rings. The zero-order valence-electron chi connectivity index (χ0n) is 17.0. The lowest BCUT2D eigenvalue weighted by molar-refractivity contribution is -0.142. The number of carbonyl (C=O) groups excluding carboxylic acids is 1. The van der Waals surface area contributed by atoms with E-state index in [-0.39, 0.29) is 28.9 Å². The zero-order valence-corrected chi connectivity index (χ0v) is 17.0. The van der Waals surface area contributed by atoms with E-state index in [1.54, 1.807) is 0 Å². The number of piperidine rings is 1. The number of hydrogen-bond acceptors (Lipinski definition) is 4. The van der Waals surface area contributed by atoms with Gasteiger partial charge < -0.3 is 4.90 Å². The molecule has 0 aliphatic carbocycles. The fourth-order valence-electron chi connectivity index (χ4n) is 3.28. The fraction of sp³-hybridized carbons (Fsp3) is 0.381. The van der Waals surface area contributed by atoms with Crippen LogP contribution in [-0.4, -0.2) is 45.9 Å². The van der Waals surface area contributed by atoms with Gasteiger partial charge in [-0.15, -0.1) is 0 Å². The molecule has 2 aromatic heterocycles. The number of benzene rings is 1. The fourth-order valence-corrected chi connectivity index (χ4v) is 3.28. The van der Waals surface area contributed by atoms with Crippen LogP contribution in [0, 0.1) is 0 Å². The Kier molecular flexibility index (Phi) is 6.87. The van der Waals surface area contributed by atoms with Crippen LogP contribution in [0.5, 0.6) is 0 Å². The van der Waals surface area contributed by atoms with E-state index < -0.39 is 23.6 Å². The van der Waals surface area contributed by atoms with Crippen molar-refractivity contribution >= 4 is 11.9 Å². The van der Waals surface area contributed by atoms with Crippen LogP contribution in [0.15, 0.2) is 36.4 Å². The van der Waals surface area contributed by atoms with Crippen molar-refractivity contribution in [2.75, 3.05) is 20.1 Å². The van der Waals surface area contributed by atoms with Crippen LogP contribution >= 0.6 is 0 Å². The minimum absolute atomic E-state index is 0.0647. The van der Waals surface area contributed by atoms with Crippen molar-refractivity contribution in [3.8, 4) is 11.3 Å². The second-order valence-corrected chi connectivity index (χ2v) is 7.42. The molecule has 11 heteroatoms. The first kappa shape index (κ1) is 23.7. The number of hydrogen-bond donors (Lipinski definition) is 0. The van der Waals surface area contributed by atoms with Crippen molar-refractivity contribution in [1.29, 1.82) is 0 Å². The molecular weight excluding hydrogens is 438 g/mol. The third kappa shape index (κ3) is 5.64. The Morgan fingerprint density at radius 2 is 1.53 bits per heavy atom. The third-order valence-corrected chi connectivity index (χ3v) is 4.94. The maximum Gasteiger partial charge on any atom is 0.433 e. The SMILES string of the molecule is CN1CCCCC1.O=Cc1cc2nc(-c3ccc(C(F)(F)F)cc3)cc(C(F)(F)F)n2n1. The van der Waals surface area contributed by atoms with Crippen LogP contribution in [0.1, 0.15) is 41.0 Å². The van der Waals surface area contributed by atoms with Gasteiger partial charge in [-0.05, 0) is 51.2 Å². The Morgan fingerprint density at radius 1 is 0.906 bits per heavy atom. The van der Waals surface area contributed by atoms with Gasteiger partial charge in [-0.1, -0.05) is 18.6 Å². The number of likely N-dealkylation sites (tertiary alicyclic amines) is 1. The molecule has 1 fully saturated rings. The molecule has 5 nitrogen and oxygen atoms in total. The van der Waals surface area contributed by atoms with Gasteiger partial charge in [0.05, 0.1) is 11.3 Å². The minimum Gasteiger partial charge on any atom is -0.306 e. The van der Waals surface area contributed by atoms with Gasteiger partial charge in [0.2, 0.25) is 0 Å². The first-order valence-electron chi connectivity index (χ1n) is 9.78. The summed E-state index contributed by atoms with van der Waals surface area (Å²) < 4.78 is 77.9. The molecule has 1 saturated heterocycles. The Balaban J connectivity index is 0.000000352. The second-order valence-electron chi connectivity index (χ2n) is 7.42. The molecule has 172 valence electrons. The monoisotopic (exact) mass is 458 g/mol. The van der Waals surface area contributed by atoms with Crippen molar-refractivity contribution < 1.29 is 31.1 Å². The molecule has 1 aliphatic heterocycles. The lowest BCUT2D eigenvalue weighted by Gasteiger charge is -2.20. The summed E-state index contributed by atoms with van der Waals surface area (Å²) in [5.74, 6) is 0. The minimum atomic E-state index is -4.80. The summed E-state index contributed by atoms with van der Waals surface area (Å²) in [6.45, 7) is 2.64. The van der Waals surface area contributed by atoms with Crippen LogP contribution in [0.3, 0.4) is 0 Å². The van der Waals surface area contributed by atoms with Gasteiger partial charge in [-0.3, -0.25) is 4.79 Å². The predicted octanol–water partition coefficient (Wildman–Crippen LogP) is 5.35. The molecule has 1 aromatic carbocycles. The number of fused-ring (bicyclic) bond motifs is 1. The molecule has 0 atom stereocenters. The van der Waals surface area contributed by atoms with E-state index in [9.17, 15) is 31.1 Å². The van der Waals surface area contributed by atoms with E-state index in [2.05, 4.69) is 22.0 Å². The van der Waals surface area contributed by atoms with E-state index in [1.165, 1.54) is 32.4 Å². The number of rotatable bonds is 2. The van der Waals surface area contributed by atoms with Crippen LogP contribution in [0.25, 0.3) is 16.9 Å². The van der Waals surface area contributed by atoms with Crippen LogP contribution < -0.4 is 0 Å². The molecule has 3 heterocycles. The number of nitrogens with zero attached hydrogens (tertiary/aromatic N) is 4. The molecule has 0 spiro atoms. The molecule has 0 N–H and O–H groups in total. The third-order valence-electron chi connectivity index (χ3n) is 4.94. The highest BCUT2D eigenvalue weighted by Gasteiger charge is 2.35. The van der Waals surface area contributed by atoms with E-state index in [4.69, 9.17) is 0 Å². The normalized spacial score (nSPS) is 15.3. The summed E-state index contributed by atoms with van der Waals surface area (Å²) in [5.41, 5.74) is -2.74. The molecule has 3 aromatic rings. The highest BCUT2D eigenvalue weighted by molar-refractivity contribution is 5.75. The van der Waals surface area contributed by atoms with E-state index in [1.807, 2.05) is 0 Å². The largest absolute Gasteiger partial charge is 0.433 e. The molecule has 0 bridgehead atoms. The van der Waals surface area contributed by atoms with Gasteiger partial charge in [-0.25, -0.2) is 9.50 Å². The van der Waals surface area contributed by atoms with Gasteiger partial charge in [-0.2, -0.15) is 31.4 Å². The molecule has 0 radical (unpaired) electrons. The Labute approximate surface area is 179 Å². The van der Waals surface area contributed by atoms with Gasteiger partial charge in [0, 0.05) is 11.6 Å². The first-order valence-corrected chi connectivity index (χ1v) is 9.78. The lowest BCUT2D eigenvalue weighted by atomic mass is 10.1. The van der Waals surface area contributed by atoms with Gasteiger partial charge in [0.1, 0.15) is 5.69 Å². The van der Waals surface area contributed by atoms with Gasteiger partial charge in [0.15, 0.2) is 17.6 Å². The summed E-state index contributed by atoms with van der Waals surface area (Å²) in [6.07, 6.45) is -4.81. The topological polar surface area (TPSA) is 50.5 Å². The standard InChI is InChI=1S/C15H7F6N3O.C6H13N/c16-14(17,18)9-3-1-8(2-4-9)11-6-12(15(19,20)21)24-13(22-11)5-10(7-25)23-24;1-7-5-3-2-4-6-7/h1-7H;2-6H2,1H3. The van der Waals surface area contributed by atoms with Crippen molar-refractivity contribution in [1.82, 2.24) is 19.5 Å². The number of aldehydes is 1. The Bertz CT molecular complexity index is 1070. The molecule has 32 heavy (non-hydrogen) atoms. The van der Waals surface area contributed by atoms with Gasteiger partial charge in [0.25, 0.3) is 0 Å². The second kappa shape index (κ2) is 9.27. The quantitative estimate of drug-likeness (QED) is 0.384. The summed E-state index contributed by atoms with van der Waals surface area (Å²) in [7, 11) is 2.19. The number of aromatic nitrogens is 3. The van der Waals surface area contributed by atoms with E-state index in [0.29, 0.717) is 10.6 Å². The molecule has 0 saturated carbocycles. The smallest absolute Gasteiger partial charge is 0.306 e. The number of carbonyl (C=O) groups is 1. The van der Waals surface area contributed by atoms with Crippen molar-refractivity contribution in [2.45, 2.75) is 31.6 Å². The van der Waals surface area contributed by atoms with Crippen LogP contribution in [0.4, 0.5) is 26.3 Å². The van der Waals surface area contributed by atoms with Gasteiger partial charge >= 0.3 is 12.4 Å². The highest BCUT2D eigenvalue weighted by Crippen LogP contribution is 2.34. The van der Waals surface area contributed by atoms with Crippen molar-refractivity contribution in [3.05, 3.63) is 53.3 Å². The maximum absolute atomic E-state index is 13.2. The summed E-state index contributed by atoms with van der Waals surface area (Å²) in [4.78, 5) is 17.1. The maximum atomic E-state index is 13.2. The molecule has 4 rings (SSSR count). The Morgan fingerprint density at radius 3 is 2.00 bits per heavy atom. The summed E-state index contributed by atoms with van der Waals surface area (Å²) in [5, 5.41) is 3.50. The molecular formula is C21H20F6N4O. The van der Waals surface area contributed by atoms with Crippen molar-refractivity contribution in [3.63, 3.8) is 0 Å². The number of halogens is 6. The van der Waals surface area contributed by atoms with E-state index >= 15 is 0 Å². The Hall–Kier alpha value is -2.95. The first-order chi connectivity index (χ1) is 15.0. The van der Waals surface area contributed by atoms with E-state index in [0.717, 1.165) is 30.3 Å².